The number of aromatic nitrogens is 2. The molecule has 146 valence electrons. The van der Waals surface area contributed by atoms with E-state index in [0.717, 1.165) is 0 Å². The molecular formula is C15H25N5O5S. The number of nitrogens with zero attached hydrogens (tertiary/aromatic N) is 3. The average molecular weight is 387 g/mol. The number of hydrogen-bond acceptors (Lipinski definition) is 10. The van der Waals surface area contributed by atoms with Gasteiger partial charge in [-0.3, -0.25) is 4.79 Å². The van der Waals surface area contributed by atoms with Crippen molar-refractivity contribution in [2.24, 2.45) is 5.73 Å². The minimum atomic E-state index is -3.12. The summed E-state index contributed by atoms with van der Waals surface area (Å²) in [5.41, 5.74) is 12.5. The fourth-order valence-electron chi connectivity index (χ4n) is 2.70. The van der Waals surface area contributed by atoms with Gasteiger partial charge in [-0.25, -0.2) is 13.4 Å². The van der Waals surface area contributed by atoms with Gasteiger partial charge < -0.3 is 25.8 Å². The van der Waals surface area contributed by atoms with Crippen molar-refractivity contribution >= 4 is 27.6 Å². The van der Waals surface area contributed by atoms with Gasteiger partial charge in [0.25, 0.3) is 0 Å². The van der Waals surface area contributed by atoms with Gasteiger partial charge in [-0.15, -0.1) is 0 Å². The van der Waals surface area contributed by atoms with Crippen molar-refractivity contribution in [2.45, 2.75) is 25.0 Å². The molecule has 2 atom stereocenters. The predicted octanol–water partition coefficient (Wildman–Crippen LogP) is -1.26. The van der Waals surface area contributed by atoms with Gasteiger partial charge in [-0.2, -0.15) is 4.98 Å². The molecule has 1 aliphatic heterocycles. The number of sulfone groups is 1. The molecule has 1 aromatic rings. The fourth-order valence-corrected chi connectivity index (χ4v) is 3.29. The zero-order valence-corrected chi connectivity index (χ0v) is 15.7. The zero-order valence-electron chi connectivity index (χ0n) is 14.9. The van der Waals surface area contributed by atoms with Gasteiger partial charge in [0.2, 0.25) is 5.95 Å². The molecule has 0 aromatic carbocycles. The number of rotatable bonds is 8. The fraction of sp³-hybridized carbons (Fsp3) is 0.667. The number of aryl methyl sites for hydroxylation is 1. The lowest BCUT2D eigenvalue weighted by Crippen LogP contribution is -2.35. The maximum atomic E-state index is 11.4. The summed E-state index contributed by atoms with van der Waals surface area (Å²) in [6, 6.07) is -0.272. The first-order valence-electron chi connectivity index (χ1n) is 8.17. The van der Waals surface area contributed by atoms with Crippen molar-refractivity contribution in [1.29, 1.82) is 0 Å². The summed E-state index contributed by atoms with van der Waals surface area (Å²) in [5.74, 6) is 0.314. The Morgan fingerprint density at radius 3 is 2.81 bits per heavy atom. The Hall–Kier alpha value is -1.98. The summed E-state index contributed by atoms with van der Waals surface area (Å²) in [7, 11) is -1.79. The second-order valence-electron chi connectivity index (χ2n) is 6.26. The van der Waals surface area contributed by atoms with E-state index in [2.05, 4.69) is 14.7 Å². The second-order valence-corrected chi connectivity index (χ2v) is 8.52. The first kappa shape index (κ1) is 20.3. The molecule has 1 aromatic heterocycles. The maximum Gasteiger partial charge on any atom is 0.307 e. The standard InChI is InChI=1S/C15H25N5O5S/c1-24-13(21)3-5-25-12-9-20(8-11(12)16)14-10(4-6-26(2,22)23)7-18-15(17)19-14/h7,11-12H,3-6,8-9,16H2,1-2H3,(H2,17,18,19)/t11-,12+/m1/s1. The van der Waals surface area contributed by atoms with E-state index in [-0.39, 0.29) is 49.3 Å². The lowest BCUT2D eigenvalue weighted by atomic mass is 10.2. The van der Waals surface area contributed by atoms with Crippen LogP contribution in [-0.2, 0) is 30.5 Å². The smallest absolute Gasteiger partial charge is 0.307 e. The predicted molar refractivity (Wildman–Crippen MR) is 96.4 cm³/mol. The van der Waals surface area contributed by atoms with Crippen molar-refractivity contribution in [1.82, 2.24) is 9.97 Å². The van der Waals surface area contributed by atoms with Crippen molar-refractivity contribution in [2.75, 3.05) is 49.4 Å². The quantitative estimate of drug-likeness (QED) is 0.517. The van der Waals surface area contributed by atoms with Crippen molar-refractivity contribution in [3.05, 3.63) is 11.8 Å². The molecule has 0 aliphatic carbocycles. The van der Waals surface area contributed by atoms with E-state index in [9.17, 15) is 13.2 Å². The maximum absolute atomic E-state index is 11.4. The molecule has 0 amide bonds. The molecule has 0 unspecified atom stereocenters. The first-order chi connectivity index (χ1) is 12.2. The largest absolute Gasteiger partial charge is 0.469 e. The summed E-state index contributed by atoms with van der Waals surface area (Å²) in [4.78, 5) is 21.3. The molecule has 10 nitrogen and oxygen atoms in total. The second kappa shape index (κ2) is 8.60. The minimum absolute atomic E-state index is 0.00771. The average Bonchev–Trinajstić information content (AvgIpc) is 2.93. The molecule has 4 N–H and O–H groups in total. The Balaban J connectivity index is 2.06. The summed E-state index contributed by atoms with van der Waals surface area (Å²) >= 11 is 0. The van der Waals surface area contributed by atoms with Gasteiger partial charge in [0.1, 0.15) is 15.7 Å². The third kappa shape index (κ3) is 5.78. The number of anilines is 2. The topological polar surface area (TPSA) is 151 Å². The normalized spacial score (nSPS) is 20.3. The molecule has 1 saturated heterocycles. The van der Waals surface area contributed by atoms with Gasteiger partial charge in [0, 0.05) is 31.1 Å². The van der Waals surface area contributed by atoms with Crippen molar-refractivity contribution < 1.29 is 22.7 Å². The molecule has 1 fully saturated rings. The van der Waals surface area contributed by atoms with Crippen LogP contribution in [0.15, 0.2) is 6.20 Å². The van der Waals surface area contributed by atoms with Gasteiger partial charge >= 0.3 is 5.97 Å². The van der Waals surface area contributed by atoms with E-state index in [4.69, 9.17) is 16.2 Å². The highest BCUT2D eigenvalue weighted by Gasteiger charge is 2.33. The molecule has 0 radical (unpaired) electrons. The van der Waals surface area contributed by atoms with Crippen molar-refractivity contribution in [3.63, 3.8) is 0 Å². The van der Waals surface area contributed by atoms with Crippen LogP contribution in [0.3, 0.4) is 0 Å². The van der Waals surface area contributed by atoms with Crippen LogP contribution in [0.5, 0.6) is 0 Å². The Bertz CT molecular complexity index is 742. The van der Waals surface area contributed by atoms with Gasteiger partial charge in [0.05, 0.1) is 38.0 Å². The van der Waals surface area contributed by atoms with Crippen LogP contribution in [0.25, 0.3) is 0 Å². The number of carbonyl (C=O) groups excluding carboxylic acids is 1. The number of ether oxygens (including phenoxy) is 2. The number of methoxy groups -OCH3 is 1. The summed E-state index contributed by atoms with van der Waals surface area (Å²) < 4.78 is 33.2. The molecule has 0 spiro atoms. The molecule has 1 aliphatic rings. The van der Waals surface area contributed by atoms with Crippen LogP contribution in [0.1, 0.15) is 12.0 Å². The number of nitrogens with two attached hydrogens (primary N) is 2. The Kier molecular flexibility index (Phi) is 6.73. The lowest BCUT2D eigenvalue weighted by Gasteiger charge is -2.20. The first-order valence-corrected chi connectivity index (χ1v) is 10.2. The third-order valence-electron chi connectivity index (χ3n) is 4.08. The van der Waals surface area contributed by atoms with E-state index in [1.54, 1.807) is 6.20 Å². The van der Waals surface area contributed by atoms with E-state index in [0.29, 0.717) is 24.5 Å². The molecular weight excluding hydrogens is 362 g/mol. The van der Waals surface area contributed by atoms with E-state index in [1.165, 1.54) is 13.4 Å². The van der Waals surface area contributed by atoms with Gasteiger partial charge in [-0.1, -0.05) is 0 Å². The third-order valence-corrected chi connectivity index (χ3v) is 5.02. The van der Waals surface area contributed by atoms with Gasteiger partial charge in [0.15, 0.2) is 0 Å². The minimum Gasteiger partial charge on any atom is -0.469 e. The van der Waals surface area contributed by atoms with Crippen LogP contribution < -0.4 is 16.4 Å². The number of nitrogen functional groups attached to an aromatic ring is 1. The summed E-state index contributed by atoms with van der Waals surface area (Å²) in [5, 5.41) is 0. The Morgan fingerprint density at radius 2 is 2.15 bits per heavy atom. The highest BCUT2D eigenvalue weighted by atomic mass is 32.2. The molecule has 11 heteroatoms. The Morgan fingerprint density at radius 1 is 1.42 bits per heavy atom. The number of hydrogen-bond donors (Lipinski definition) is 2. The number of esters is 1. The van der Waals surface area contributed by atoms with Crippen LogP contribution in [0, 0.1) is 0 Å². The van der Waals surface area contributed by atoms with Crippen LogP contribution in [0.2, 0.25) is 0 Å². The lowest BCUT2D eigenvalue weighted by molar-refractivity contribution is -0.142. The van der Waals surface area contributed by atoms with Crippen LogP contribution >= 0.6 is 0 Å². The van der Waals surface area contributed by atoms with Crippen molar-refractivity contribution in [3.8, 4) is 0 Å². The van der Waals surface area contributed by atoms with Crippen LogP contribution in [-0.4, -0.2) is 75.3 Å². The zero-order chi connectivity index (χ0) is 19.3. The van der Waals surface area contributed by atoms with E-state index < -0.39 is 9.84 Å². The Labute approximate surface area is 152 Å². The molecule has 2 rings (SSSR count). The number of carbonyl (C=O) groups is 1. The van der Waals surface area contributed by atoms with Crippen LogP contribution in [0.4, 0.5) is 11.8 Å². The van der Waals surface area contributed by atoms with Gasteiger partial charge in [-0.05, 0) is 6.42 Å². The van der Waals surface area contributed by atoms with E-state index >= 15 is 0 Å². The SMILES string of the molecule is COC(=O)CCO[C@H]1CN(c2nc(N)ncc2CCS(C)(=O)=O)C[C@H]1N. The monoisotopic (exact) mass is 387 g/mol. The summed E-state index contributed by atoms with van der Waals surface area (Å²) in [6.45, 7) is 1.15. The molecule has 0 bridgehead atoms. The molecule has 2 heterocycles. The van der Waals surface area contributed by atoms with E-state index in [1.807, 2.05) is 4.90 Å². The highest BCUT2D eigenvalue weighted by Crippen LogP contribution is 2.24. The summed E-state index contributed by atoms with van der Waals surface area (Å²) in [6.07, 6.45) is 2.88. The molecule has 0 saturated carbocycles. The molecule has 26 heavy (non-hydrogen) atoms. The highest BCUT2D eigenvalue weighted by molar-refractivity contribution is 7.90.